The number of aryl methyl sites for hydroxylation is 2. The number of carboxylic acid groups (broad SMARTS) is 1. The fraction of sp³-hybridized carbons (Fsp3) is 0.136. The van der Waals surface area contributed by atoms with Crippen LogP contribution in [0, 0.1) is 20.8 Å². The Kier molecular flexibility index (Phi) is 5.24. The molecule has 3 nitrogen and oxygen atoms in total. The second kappa shape index (κ2) is 7.58. The molecule has 3 aromatic rings. The van der Waals surface area contributed by atoms with Crippen molar-refractivity contribution in [3.8, 4) is 11.5 Å². The fourth-order valence-corrected chi connectivity index (χ4v) is 3.44. The highest BCUT2D eigenvalue weighted by Crippen LogP contribution is 2.29. The molecule has 0 aliphatic heterocycles. The maximum Gasteiger partial charge on any atom is 0.337 e. The van der Waals surface area contributed by atoms with Crippen LogP contribution in [0.4, 0.5) is 0 Å². The monoisotopic (exact) mass is 364 g/mol. The lowest BCUT2D eigenvalue weighted by Gasteiger charge is -2.12. The van der Waals surface area contributed by atoms with E-state index in [-0.39, 0.29) is 0 Å². The molecule has 0 unspecified atom stereocenters. The molecule has 2 aromatic carbocycles. The van der Waals surface area contributed by atoms with Crippen molar-refractivity contribution in [2.75, 3.05) is 0 Å². The molecule has 0 atom stereocenters. The quantitative estimate of drug-likeness (QED) is 0.557. The van der Waals surface area contributed by atoms with Gasteiger partial charge in [0.1, 0.15) is 11.5 Å². The largest absolute Gasteiger partial charge is 0.478 e. The molecule has 0 bridgehead atoms. The topological polar surface area (TPSA) is 46.5 Å². The van der Waals surface area contributed by atoms with Gasteiger partial charge in [-0.3, -0.25) is 0 Å². The van der Waals surface area contributed by atoms with Crippen LogP contribution >= 0.6 is 11.3 Å². The van der Waals surface area contributed by atoms with Gasteiger partial charge in [-0.1, -0.05) is 24.3 Å². The minimum Gasteiger partial charge on any atom is -0.478 e. The predicted molar refractivity (Wildman–Crippen MR) is 107 cm³/mol. The third-order valence-corrected chi connectivity index (χ3v) is 5.10. The summed E-state index contributed by atoms with van der Waals surface area (Å²) < 4.78 is 6.02. The van der Waals surface area contributed by atoms with E-state index in [4.69, 9.17) is 4.74 Å². The second-order valence-corrected chi connectivity index (χ2v) is 7.16. The average molecular weight is 364 g/mol. The number of thiophene rings is 1. The number of hydrogen-bond donors (Lipinski definition) is 1. The number of carbonyl (C=O) groups is 1. The third kappa shape index (κ3) is 4.03. The van der Waals surface area contributed by atoms with Crippen molar-refractivity contribution in [1.29, 1.82) is 0 Å². The van der Waals surface area contributed by atoms with Crippen molar-refractivity contribution >= 4 is 29.0 Å². The van der Waals surface area contributed by atoms with E-state index in [0.29, 0.717) is 5.57 Å². The van der Waals surface area contributed by atoms with E-state index in [2.05, 4.69) is 13.0 Å². The Morgan fingerprint density at radius 1 is 1.08 bits per heavy atom. The molecule has 0 amide bonds. The number of aliphatic carboxylic acids is 1. The first kappa shape index (κ1) is 18.0. The predicted octanol–water partition coefficient (Wildman–Crippen LogP) is 6.09. The molecule has 1 N–H and O–H groups in total. The lowest BCUT2D eigenvalue weighted by molar-refractivity contribution is -0.130. The Morgan fingerprint density at radius 3 is 2.42 bits per heavy atom. The first-order valence-corrected chi connectivity index (χ1v) is 9.16. The van der Waals surface area contributed by atoms with Crippen molar-refractivity contribution in [3.05, 3.63) is 81.0 Å². The molecular weight excluding hydrogens is 344 g/mol. The Morgan fingerprint density at radius 2 is 1.81 bits per heavy atom. The highest BCUT2D eigenvalue weighted by atomic mass is 32.1. The summed E-state index contributed by atoms with van der Waals surface area (Å²) in [7, 11) is 0. The summed E-state index contributed by atoms with van der Waals surface area (Å²) in [5.74, 6) is 0.637. The first-order valence-electron chi connectivity index (χ1n) is 8.28. The van der Waals surface area contributed by atoms with Crippen molar-refractivity contribution in [2.24, 2.45) is 0 Å². The third-order valence-electron chi connectivity index (χ3n) is 4.20. The SMILES string of the molecule is Cc1cc(C)c(C)c(Oc2ccc(/C=C(/C(=O)O)c3cccs3)cc2)c1. The van der Waals surface area contributed by atoms with Gasteiger partial charge in [-0.25, -0.2) is 4.79 Å². The van der Waals surface area contributed by atoms with Gasteiger partial charge in [0, 0.05) is 4.88 Å². The van der Waals surface area contributed by atoms with Crippen LogP contribution in [0.3, 0.4) is 0 Å². The van der Waals surface area contributed by atoms with E-state index in [1.165, 1.54) is 16.9 Å². The zero-order valence-corrected chi connectivity index (χ0v) is 15.8. The molecule has 26 heavy (non-hydrogen) atoms. The van der Waals surface area contributed by atoms with Gasteiger partial charge in [-0.05, 0) is 78.7 Å². The van der Waals surface area contributed by atoms with Gasteiger partial charge < -0.3 is 9.84 Å². The zero-order valence-electron chi connectivity index (χ0n) is 14.9. The van der Waals surface area contributed by atoms with Gasteiger partial charge in [-0.2, -0.15) is 0 Å². The van der Waals surface area contributed by atoms with Gasteiger partial charge in [0.25, 0.3) is 0 Å². The van der Waals surface area contributed by atoms with Crippen LogP contribution in [0.25, 0.3) is 11.6 Å². The first-order chi connectivity index (χ1) is 12.4. The molecule has 0 aliphatic rings. The Hall–Kier alpha value is -2.85. The standard InChI is InChI=1S/C22H20O3S/c1-14-11-15(2)16(3)20(12-14)25-18-8-6-17(7-9-18)13-19(22(23)24)21-5-4-10-26-21/h4-13H,1-3H3,(H,23,24)/b19-13+. The highest BCUT2D eigenvalue weighted by molar-refractivity contribution is 7.11. The lowest BCUT2D eigenvalue weighted by atomic mass is 10.1. The minimum atomic E-state index is -0.932. The number of benzene rings is 2. The number of ether oxygens (including phenoxy) is 1. The molecule has 1 aromatic heterocycles. The number of hydrogen-bond acceptors (Lipinski definition) is 3. The van der Waals surface area contributed by atoms with Crippen LogP contribution in [0.5, 0.6) is 11.5 Å². The van der Waals surface area contributed by atoms with Crippen molar-refractivity contribution in [2.45, 2.75) is 20.8 Å². The molecule has 132 valence electrons. The lowest BCUT2D eigenvalue weighted by Crippen LogP contribution is -1.97. The van der Waals surface area contributed by atoms with E-state index in [9.17, 15) is 9.90 Å². The fourth-order valence-electron chi connectivity index (χ4n) is 2.70. The van der Waals surface area contributed by atoms with Gasteiger partial charge in [0.2, 0.25) is 0 Å². The van der Waals surface area contributed by atoms with Crippen molar-refractivity contribution in [1.82, 2.24) is 0 Å². The minimum absolute atomic E-state index is 0.291. The Labute approximate surface area is 157 Å². The van der Waals surface area contributed by atoms with Crippen molar-refractivity contribution in [3.63, 3.8) is 0 Å². The summed E-state index contributed by atoms with van der Waals surface area (Å²) in [6.45, 7) is 6.16. The average Bonchev–Trinajstić information content (AvgIpc) is 3.12. The number of rotatable bonds is 5. The van der Waals surface area contributed by atoms with Gasteiger partial charge in [0.15, 0.2) is 0 Å². The van der Waals surface area contributed by atoms with Gasteiger partial charge in [0.05, 0.1) is 5.57 Å². The summed E-state index contributed by atoms with van der Waals surface area (Å²) in [5.41, 5.74) is 4.58. The van der Waals surface area contributed by atoms with Crippen LogP contribution in [0.1, 0.15) is 27.1 Å². The number of carboxylic acids is 1. The van der Waals surface area contributed by atoms with Crippen LogP contribution in [-0.2, 0) is 4.79 Å². The molecule has 4 heteroatoms. The molecule has 0 fully saturated rings. The Balaban J connectivity index is 1.85. The normalized spacial score (nSPS) is 11.4. The van der Waals surface area contributed by atoms with Crippen LogP contribution in [-0.4, -0.2) is 11.1 Å². The summed E-state index contributed by atoms with van der Waals surface area (Å²) in [5, 5.41) is 11.3. The van der Waals surface area contributed by atoms with Crippen molar-refractivity contribution < 1.29 is 14.6 Å². The van der Waals surface area contributed by atoms with E-state index < -0.39 is 5.97 Å². The molecule has 0 spiro atoms. The molecule has 0 saturated heterocycles. The molecule has 3 rings (SSSR count). The van der Waals surface area contributed by atoms with E-state index >= 15 is 0 Å². The van der Waals surface area contributed by atoms with Crippen LogP contribution in [0.15, 0.2) is 53.9 Å². The van der Waals surface area contributed by atoms with E-state index in [1.54, 1.807) is 6.08 Å². The summed E-state index contributed by atoms with van der Waals surface area (Å²) in [4.78, 5) is 12.3. The van der Waals surface area contributed by atoms with Gasteiger partial charge >= 0.3 is 5.97 Å². The summed E-state index contributed by atoms with van der Waals surface area (Å²) in [6.07, 6.45) is 1.68. The van der Waals surface area contributed by atoms with E-state index in [0.717, 1.165) is 33.1 Å². The highest BCUT2D eigenvalue weighted by Gasteiger charge is 2.11. The zero-order chi connectivity index (χ0) is 18.7. The maximum absolute atomic E-state index is 11.5. The van der Waals surface area contributed by atoms with Crippen LogP contribution < -0.4 is 4.74 Å². The Bertz CT molecular complexity index is 952. The molecular formula is C22H20O3S. The summed E-state index contributed by atoms with van der Waals surface area (Å²) >= 11 is 1.41. The molecule has 0 saturated carbocycles. The smallest absolute Gasteiger partial charge is 0.337 e. The molecule has 0 radical (unpaired) electrons. The summed E-state index contributed by atoms with van der Waals surface area (Å²) in [6, 6.07) is 15.3. The maximum atomic E-state index is 11.5. The van der Waals surface area contributed by atoms with Gasteiger partial charge in [-0.15, -0.1) is 11.3 Å². The molecule has 1 heterocycles. The molecule has 0 aliphatic carbocycles. The van der Waals surface area contributed by atoms with Crippen LogP contribution in [0.2, 0.25) is 0 Å². The second-order valence-electron chi connectivity index (χ2n) is 6.22. The van der Waals surface area contributed by atoms with E-state index in [1.807, 2.05) is 61.7 Å².